The first kappa shape index (κ1) is 29.9. The number of ether oxygens (including phenoxy) is 1. The highest BCUT2D eigenvalue weighted by molar-refractivity contribution is 7.17. The maximum atomic E-state index is 13.7. The molecule has 3 amide bonds. The van der Waals surface area contributed by atoms with Gasteiger partial charge in [-0.25, -0.2) is 9.78 Å². The summed E-state index contributed by atoms with van der Waals surface area (Å²) in [6.45, 7) is 6.46. The molecule has 0 spiro atoms. The summed E-state index contributed by atoms with van der Waals surface area (Å²) in [5.74, 6) is -1.35. The molecular formula is C31H36N4O5S. The van der Waals surface area contributed by atoms with Crippen LogP contribution in [0.25, 0.3) is 10.4 Å². The van der Waals surface area contributed by atoms with Gasteiger partial charge in [-0.05, 0) is 43.2 Å². The van der Waals surface area contributed by atoms with Crippen LogP contribution in [0.1, 0.15) is 54.0 Å². The molecule has 3 atom stereocenters. The molecule has 1 aliphatic heterocycles. The average molecular weight is 577 g/mol. The lowest BCUT2D eigenvalue weighted by molar-refractivity contribution is -0.125. The van der Waals surface area contributed by atoms with Crippen molar-refractivity contribution < 1.29 is 23.9 Å². The molecule has 1 aromatic heterocycles. The molecule has 1 fully saturated rings. The Morgan fingerprint density at radius 3 is 2.44 bits per heavy atom. The van der Waals surface area contributed by atoms with E-state index in [2.05, 4.69) is 20.9 Å². The van der Waals surface area contributed by atoms with Crippen molar-refractivity contribution in [3.05, 3.63) is 76.9 Å². The topological polar surface area (TPSA) is 126 Å². The van der Waals surface area contributed by atoms with Gasteiger partial charge in [-0.15, -0.1) is 11.3 Å². The number of benzene rings is 2. The molecule has 2 aromatic carbocycles. The number of amides is 3. The van der Waals surface area contributed by atoms with E-state index in [1.54, 1.807) is 6.20 Å². The van der Waals surface area contributed by atoms with Crippen LogP contribution in [-0.4, -0.2) is 47.3 Å². The Morgan fingerprint density at radius 2 is 1.78 bits per heavy atom. The minimum atomic E-state index is -0.981. The van der Waals surface area contributed by atoms with Crippen molar-refractivity contribution in [2.45, 2.75) is 58.7 Å². The number of hydrogen-bond donors (Lipinski definition) is 3. The molecule has 0 aliphatic carbocycles. The van der Waals surface area contributed by atoms with E-state index in [1.807, 2.05) is 75.4 Å². The molecule has 41 heavy (non-hydrogen) atoms. The fourth-order valence-corrected chi connectivity index (χ4v) is 5.57. The predicted molar refractivity (Wildman–Crippen MR) is 157 cm³/mol. The summed E-state index contributed by atoms with van der Waals surface area (Å²) < 4.78 is 5.33. The highest BCUT2D eigenvalue weighted by Crippen LogP contribution is 2.28. The van der Waals surface area contributed by atoms with Gasteiger partial charge in [0.05, 0.1) is 10.9 Å². The molecule has 10 heteroatoms. The molecule has 1 aliphatic rings. The molecule has 2 heterocycles. The van der Waals surface area contributed by atoms with E-state index in [0.717, 1.165) is 21.6 Å². The Balaban J connectivity index is 1.48. The second-order valence-electron chi connectivity index (χ2n) is 10.7. The molecule has 0 radical (unpaired) electrons. The minimum Gasteiger partial charge on any atom is -0.445 e. The van der Waals surface area contributed by atoms with Crippen LogP contribution in [0.2, 0.25) is 0 Å². The van der Waals surface area contributed by atoms with Gasteiger partial charge in [0.1, 0.15) is 12.6 Å². The van der Waals surface area contributed by atoms with Crippen molar-refractivity contribution in [3.63, 3.8) is 0 Å². The molecule has 3 N–H and O–H groups in total. The Hall–Kier alpha value is -4.05. The first-order valence-electron chi connectivity index (χ1n) is 13.8. The zero-order chi connectivity index (χ0) is 29.4. The predicted octanol–water partition coefficient (Wildman–Crippen LogP) is 4.65. The highest BCUT2D eigenvalue weighted by atomic mass is 32.1. The van der Waals surface area contributed by atoms with Gasteiger partial charge in [0.2, 0.25) is 17.6 Å². The van der Waals surface area contributed by atoms with Gasteiger partial charge in [0, 0.05) is 18.7 Å². The summed E-state index contributed by atoms with van der Waals surface area (Å²) in [5.41, 5.74) is 2.89. The van der Waals surface area contributed by atoms with Crippen LogP contribution < -0.4 is 16.0 Å². The zero-order valence-electron chi connectivity index (χ0n) is 23.5. The van der Waals surface area contributed by atoms with E-state index in [-0.39, 0.29) is 35.6 Å². The normalized spacial score (nSPS) is 16.1. The molecule has 216 valence electrons. The van der Waals surface area contributed by atoms with Crippen molar-refractivity contribution >= 4 is 35.0 Å². The standard InChI is InChI=1S/C31H36N4O5S/c1-19(2)15-25(35-31(39)40-18-21-7-5-4-6-8-21)29(38)34-24(16-23-13-14-32-28(23)37)27(36)30-33-17-26(41-30)22-11-9-20(3)10-12-22/h4-12,17,19,23-25H,13-16,18H2,1-3H3,(H,32,37)(H,34,38)(H,35,39)/t23-,24-,25-/m0/s1. The largest absolute Gasteiger partial charge is 0.445 e. The molecule has 0 unspecified atom stereocenters. The summed E-state index contributed by atoms with van der Waals surface area (Å²) in [6, 6.07) is 15.3. The quantitative estimate of drug-likeness (QED) is 0.270. The summed E-state index contributed by atoms with van der Waals surface area (Å²) in [7, 11) is 0. The first-order chi connectivity index (χ1) is 19.7. The van der Waals surface area contributed by atoms with Gasteiger partial charge in [-0.2, -0.15) is 0 Å². The third-order valence-electron chi connectivity index (χ3n) is 6.90. The third-order valence-corrected chi connectivity index (χ3v) is 7.96. The van der Waals surface area contributed by atoms with Crippen LogP contribution in [-0.2, 0) is 20.9 Å². The highest BCUT2D eigenvalue weighted by Gasteiger charge is 2.35. The number of rotatable bonds is 12. The van der Waals surface area contributed by atoms with Crippen LogP contribution in [0, 0.1) is 18.8 Å². The number of carbonyl (C=O) groups excluding carboxylic acids is 4. The Morgan fingerprint density at radius 1 is 1.05 bits per heavy atom. The monoisotopic (exact) mass is 576 g/mol. The van der Waals surface area contributed by atoms with Crippen LogP contribution >= 0.6 is 11.3 Å². The van der Waals surface area contributed by atoms with E-state index < -0.39 is 30.0 Å². The zero-order valence-corrected chi connectivity index (χ0v) is 24.3. The summed E-state index contributed by atoms with van der Waals surface area (Å²) >= 11 is 1.25. The first-order valence-corrected chi connectivity index (χ1v) is 14.6. The summed E-state index contributed by atoms with van der Waals surface area (Å²) in [5, 5.41) is 8.53. The lowest BCUT2D eigenvalue weighted by atomic mass is 9.95. The number of alkyl carbamates (subject to hydrolysis) is 1. The molecule has 1 saturated heterocycles. The fourth-order valence-electron chi connectivity index (χ4n) is 4.66. The van der Waals surface area contributed by atoms with E-state index in [1.165, 1.54) is 11.3 Å². The van der Waals surface area contributed by atoms with E-state index in [9.17, 15) is 19.2 Å². The molecule has 4 rings (SSSR count). The van der Waals surface area contributed by atoms with Gasteiger partial charge in [-0.3, -0.25) is 14.4 Å². The van der Waals surface area contributed by atoms with E-state index in [4.69, 9.17) is 4.74 Å². The number of carbonyl (C=O) groups is 4. The van der Waals surface area contributed by atoms with Gasteiger partial charge < -0.3 is 20.7 Å². The van der Waals surface area contributed by atoms with Crippen molar-refractivity contribution in [2.24, 2.45) is 11.8 Å². The van der Waals surface area contributed by atoms with Gasteiger partial charge in [0.15, 0.2) is 5.01 Å². The van der Waals surface area contributed by atoms with Gasteiger partial charge in [-0.1, -0.05) is 74.0 Å². The Kier molecular flexibility index (Phi) is 10.2. The number of nitrogens with one attached hydrogen (secondary N) is 3. The molecule has 9 nitrogen and oxygen atoms in total. The summed E-state index contributed by atoms with van der Waals surface area (Å²) in [6.07, 6.45) is 1.98. The minimum absolute atomic E-state index is 0.0634. The fraction of sp³-hybridized carbons (Fsp3) is 0.387. The SMILES string of the molecule is Cc1ccc(-c2cnc(C(=O)[C@H](C[C@@H]3CCNC3=O)NC(=O)[C@H](CC(C)C)NC(=O)OCc3ccccc3)s2)cc1. The maximum absolute atomic E-state index is 13.7. The lowest BCUT2D eigenvalue weighted by Crippen LogP contribution is -2.52. The molecular weight excluding hydrogens is 540 g/mol. The Labute approximate surface area is 244 Å². The lowest BCUT2D eigenvalue weighted by Gasteiger charge is -2.24. The van der Waals surface area contributed by atoms with Crippen LogP contribution in [0.15, 0.2) is 60.8 Å². The Bertz CT molecular complexity index is 1360. The number of ketones is 1. The number of thiazole rings is 1. The van der Waals surface area contributed by atoms with Gasteiger partial charge in [0.25, 0.3) is 0 Å². The van der Waals surface area contributed by atoms with Crippen molar-refractivity contribution in [2.75, 3.05) is 6.54 Å². The molecule has 3 aromatic rings. The van der Waals surface area contributed by atoms with Crippen molar-refractivity contribution in [1.82, 2.24) is 20.9 Å². The van der Waals surface area contributed by atoms with Crippen LogP contribution in [0.5, 0.6) is 0 Å². The van der Waals surface area contributed by atoms with Crippen LogP contribution in [0.4, 0.5) is 4.79 Å². The van der Waals surface area contributed by atoms with Crippen molar-refractivity contribution in [3.8, 4) is 10.4 Å². The molecule has 0 saturated carbocycles. The smallest absolute Gasteiger partial charge is 0.408 e. The third kappa shape index (κ3) is 8.47. The summed E-state index contributed by atoms with van der Waals surface area (Å²) in [4.78, 5) is 57.3. The average Bonchev–Trinajstić information content (AvgIpc) is 3.61. The van der Waals surface area contributed by atoms with Crippen molar-refractivity contribution in [1.29, 1.82) is 0 Å². The molecule has 0 bridgehead atoms. The van der Waals surface area contributed by atoms with Gasteiger partial charge >= 0.3 is 6.09 Å². The maximum Gasteiger partial charge on any atom is 0.408 e. The van der Waals surface area contributed by atoms with E-state index in [0.29, 0.717) is 19.4 Å². The number of hydrogen-bond acceptors (Lipinski definition) is 7. The second kappa shape index (κ2) is 14.0. The number of aryl methyl sites for hydroxylation is 1. The number of Topliss-reactive ketones (excluding diaryl/α,β-unsaturated/α-hetero) is 1. The van der Waals surface area contributed by atoms with E-state index >= 15 is 0 Å². The van der Waals surface area contributed by atoms with Crippen LogP contribution in [0.3, 0.4) is 0 Å². The number of aromatic nitrogens is 1. The number of nitrogens with zero attached hydrogens (tertiary/aromatic N) is 1. The second-order valence-corrected chi connectivity index (χ2v) is 11.8.